The SMILES string of the molecule is CCOC(=O)c1sc(NC(=O)C2=NN([C@H]3CCS(=O)(=O)C3)C(=O)CC2)nc1C. The first-order valence-electron chi connectivity index (χ1n) is 8.76. The average molecular weight is 428 g/mol. The number of esters is 1. The van der Waals surface area contributed by atoms with Crippen LogP contribution in [0.25, 0.3) is 0 Å². The number of rotatable bonds is 5. The standard InChI is InChI=1S/C16H20N4O6S2/c1-3-26-15(23)13-9(2)17-16(27-13)18-14(22)11-4-5-12(21)20(19-11)10-6-7-28(24,25)8-10/h10H,3-8H2,1-2H3,(H,17,18,22)/t10-/m0/s1. The van der Waals surface area contributed by atoms with Gasteiger partial charge < -0.3 is 4.74 Å². The number of thiazole rings is 1. The van der Waals surface area contributed by atoms with E-state index in [1.54, 1.807) is 13.8 Å². The Bertz CT molecular complexity index is 952. The number of anilines is 1. The number of nitrogens with one attached hydrogen (secondary N) is 1. The maximum absolute atomic E-state index is 12.5. The molecule has 1 fully saturated rings. The van der Waals surface area contributed by atoms with Crippen molar-refractivity contribution in [2.45, 2.75) is 39.2 Å². The second kappa shape index (κ2) is 7.95. The first-order chi connectivity index (χ1) is 13.2. The number of hydrazone groups is 1. The monoisotopic (exact) mass is 428 g/mol. The lowest BCUT2D eigenvalue weighted by Crippen LogP contribution is -2.42. The van der Waals surface area contributed by atoms with Crippen molar-refractivity contribution in [2.75, 3.05) is 23.4 Å². The summed E-state index contributed by atoms with van der Waals surface area (Å²) < 4.78 is 28.3. The summed E-state index contributed by atoms with van der Waals surface area (Å²) in [4.78, 5) is 41.0. The van der Waals surface area contributed by atoms with Gasteiger partial charge in [-0.15, -0.1) is 0 Å². The Hall–Kier alpha value is -2.34. The average Bonchev–Trinajstić information content (AvgIpc) is 3.17. The fourth-order valence-corrected chi connectivity index (χ4v) is 5.54. The van der Waals surface area contributed by atoms with Gasteiger partial charge in [0.25, 0.3) is 5.91 Å². The summed E-state index contributed by atoms with van der Waals surface area (Å²) in [7, 11) is -3.19. The van der Waals surface area contributed by atoms with Crippen LogP contribution in [-0.2, 0) is 24.2 Å². The molecule has 2 aliphatic heterocycles. The minimum Gasteiger partial charge on any atom is -0.462 e. The first-order valence-corrected chi connectivity index (χ1v) is 11.4. The lowest BCUT2D eigenvalue weighted by atomic mass is 10.1. The fourth-order valence-electron chi connectivity index (χ4n) is 2.99. The summed E-state index contributed by atoms with van der Waals surface area (Å²) >= 11 is 0.994. The van der Waals surface area contributed by atoms with Crippen molar-refractivity contribution < 1.29 is 27.5 Å². The smallest absolute Gasteiger partial charge is 0.350 e. The maximum Gasteiger partial charge on any atom is 0.350 e. The maximum atomic E-state index is 12.5. The van der Waals surface area contributed by atoms with Crippen LogP contribution < -0.4 is 5.32 Å². The van der Waals surface area contributed by atoms with Gasteiger partial charge in [-0.3, -0.25) is 14.9 Å². The van der Waals surface area contributed by atoms with Gasteiger partial charge in [-0.1, -0.05) is 11.3 Å². The lowest BCUT2D eigenvalue weighted by Gasteiger charge is -2.27. The molecule has 28 heavy (non-hydrogen) atoms. The molecule has 2 amide bonds. The van der Waals surface area contributed by atoms with Crippen molar-refractivity contribution in [3.05, 3.63) is 10.6 Å². The quantitative estimate of drug-likeness (QED) is 0.683. The summed E-state index contributed by atoms with van der Waals surface area (Å²) in [5, 5.41) is 8.04. The Kier molecular flexibility index (Phi) is 5.79. The third-order valence-electron chi connectivity index (χ3n) is 4.35. The van der Waals surface area contributed by atoms with Gasteiger partial charge >= 0.3 is 5.97 Å². The van der Waals surface area contributed by atoms with Gasteiger partial charge in [-0.05, 0) is 20.3 Å². The highest BCUT2D eigenvalue weighted by Gasteiger charge is 2.37. The molecular weight excluding hydrogens is 408 g/mol. The number of ether oxygens (including phenoxy) is 1. The zero-order valence-electron chi connectivity index (χ0n) is 15.4. The molecule has 10 nitrogen and oxygen atoms in total. The van der Waals surface area contributed by atoms with Gasteiger partial charge in [0.05, 0.1) is 29.8 Å². The molecule has 0 aliphatic carbocycles. The van der Waals surface area contributed by atoms with Crippen molar-refractivity contribution in [2.24, 2.45) is 5.10 Å². The number of aryl methyl sites for hydroxylation is 1. The van der Waals surface area contributed by atoms with Crippen molar-refractivity contribution in [1.29, 1.82) is 0 Å². The first kappa shape index (κ1) is 20.4. The number of carbonyl (C=O) groups is 3. The molecule has 0 spiro atoms. The molecule has 3 heterocycles. The highest BCUT2D eigenvalue weighted by Crippen LogP contribution is 2.25. The minimum atomic E-state index is -3.19. The Morgan fingerprint density at radius 1 is 1.36 bits per heavy atom. The van der Waals surface area contributed by atoms with Crippen molar-refractivity contribution in [3.63, 3.8) is 0 Å². The number of aromatic nitrogens is 1. The molecule has 1 aromatic heterocycles. The van der Waals surface area contributed by atoms with E-state index in [0.717, 1.165) is 16.3 Å². The van der Waals surface area contributed by atoms with Crippen LogP contribution in [0.1, 0.15) is 41.6 Å². The highest BCUT2D eigenvalue weighted by atomic mass is 32.2. The van der Waals surface area contributed by atoms with E-state index in [0.29, 0.717) is 17.0 Å². The molecule has 0 bridgehead atoms. The predicted molar refractivity (Wildman–Crippen MR) is 102 cm³/mol. The molecule has 0 aromatic carbocycles. The Labute approximate surface area is 165 Å². The second-order valence-corrected chi connectivity index (χ2v) is 9.68. The van der Waals surface area contributed by atoms with Gasteiger partial charge in [0.1, 0.15) is 10.6 Å². The number of sulfone groups is 1. The Balaban J connectivity index is 1.73. The molecule has 0 radical (unpaired) electrons. The summed E-state index contributed by atoms with van der Waals surface area (Å²) in [5.74, 6) is -1.48. The van der Waals surface area contributed by atoms with E-state index in [-0.39, 0.29) is 47.7 Å². The molecule has 0 saturated carbocycles. The molecular formula is C16H20N4O6S2. The molecule has 3 rings (SSSR count). The van der Waals surface area contributed by atoms with Gasteiger partial charge in [0, 0.05) is 12.8 Å². The zero-order valence-corrected chi connectivity index (χ0v) is 17.1. The van der Waals surface area contributed by atoms with Crippen molar-refractivity contribution in [3.8, 4) is 0 Å². The van der Waals surface area contributed by atoms with Gasteiger partial charge in [0.15, 0.2) is 15.0 Å². The van der Waals surface area contributed by atoms with E-state index in [9.17, 15) is 22.8 Å². The molecule has 152 valence electrons. The van der Waals surface area contributed by atoms with Crippen LogP contribution in [0.3, 0.4) is 0 Å². The van der Waals surface area contributed by atoms with Crippen LogP contribution >= 0.6 is 11.3 Å². The van der Waals surface area contributed by atoms with Crippen LogP contribution in [0.5, 0.6) is 0 Å². The van der Waals surface area contributed by atoms with E-state index in [2.05, 4.69) is 15.4 Å². The summed E-state index contributed by atoms with van der Waals surface area (Å²) in [6.07, 6.45) is 0.532. The number of carbonyl (C=O) groups excluding carboxylic acids is 3. The summed E-state index contributed by atoms with van der Waals surface area (Å²) in [5.41, 5.74) is 0.562. The van der Waals surface area contributed by atoms with Crippen LogP contribution in [0.2, 0.25) is 0 Å². The predicted octanol–water partition coefficient (Wildman–Crippen LogP) is 0.732. The lowest BCUT2D eigenvalue weighted by molar-refractivity contribution is -0.133. The number of hydrogen-bond donors (Lipinski definition) is 1. The van der Waals surface area contributed by atoms with Crippen molar-refractivity contribution in [1.82, 2.24) is 9.99 Å². The summed E-state index contributed by atoms with van der Waals surface area (Å²) in [6.45, 7) is 3.56. The van der Waals surface area contributed by atoms with E-state index in [4.69, 9.17) is 4.74 Å². The molecule has 12 heteroatoms. The highest BCUT2D eigenvalue weighted by molar-refractivity contribution is 7.91. The topological polar surface area (TPSA) is 135 Å². The fraction of sp³-hybridized carbons (Fsp3) is 0.562. The van der Waals surface area contributed by atoms with Gasteiger partial charge in [0.2, 0.25) is 5.91 Å². The third-order valence-corrected chi connectivity index (χ3v) is 7.16. The van der Waals surface area contributed by atoms with E-state index in [1.165, 1.54) is 0 Å². The molecule has 1 atom stereocenters. The Morgan fingerprint density at radius 2 is 2.11 bits per heavy atom. The molecule has 1 saturated heterocycles. The zero-order chi connectivity index (χ0) is 20.5. The van der Waals surface area contributed by atoms with Crippen LogP contribution in [0, 0.1) is 6.92 Å². The van der Waals surface area contributed by atoms with Crippen LogP contribution in [0.4, 0.5) is 5.13 Å². The second-order valence-electron chi connectivity index (χ2n) is 6.45. The minimum absolute atomic E-state index is 0.00747. The molecule has 2 aliphatic rings. The van der Waals surface area contributed by atoms with Crippen LogP contribution in [0.15, 0.2) is 5.10 Å². The van der Waals surface area contributed by atoms with Crippen LogP contribution in [-0.4, -0.2) is 66.1 Å². The van der Waals surface area contributed by atoms with Gasteiger partial charge in [-0.2, -0.15) is 5.10 Å². The number of nitrogens with zero attached hydrogens (tertiary/aromatic N) is 3. The molecule has 1 aromatic rings. The molecule has 0 unspecified atom stereocenters. The van der Waals surface area contributed by atoms with E-state index < -0.39 is 27.8 Å². The number of hydrogen-bond acceptors (Lipinski definition) is 9. The number of amides is 2. The van der Waals surface area contributed by atoms with E-state index in [1.807, 2.05) is 0 Å². The Morgan fingerprint density at radius 3 is 2.75 bits per heavy atom. The summed E-state index contributed by atoms with van der Waals surface area (Å²) in [6, 6.07) is -0.543. The van der Waals surface area contributed by atoms with E-state index >= 15 is 0 Å². The largest absolute Gasteiger partial charge is 0.462 e. The normalized spacial score (nSPS) is 21.4. The van der Waals surface area contributed by atoms with Crippen molar-refractivity contribution >= 4 is 49.8 Å². The third kappa shape index (κ3) is 4.38. The molecule has 1 N–H and O–H groups in total. The van der Waals surface area contributed by atoms with Gasteiger partial charge in [-0.25, -0.2) is 23.2 Å².